The number of nitrogens with zero attached hydrogens (tertiary/aromatic N) is 2. The smallest absolute Gasteiger partial charge is 0.252 e. The zero-order valence-electron chi connectivity index (χ0n) is 10.1. The van der Waals surface area contributed by atoms with Crippen LogP contribution in [-0.2, 0) is 22.7 Å². The number of ether oxygens (including phenoxy) is 2. The third-order valence-electron chi connectivity index (χ3n) is 2.67. The molecule has 0 unspecified atom stereocenters. The number of nitrogens with one attached hydrogen (secondary N) is 1. The van der Waals surface area contributed by atoms with E-state index in [0.717, 1.165) is 25.9 Å². The number of hydrogen-bond acceptors (Lipinski definition) is 6. The van der Waals surface area contributed by atoms with E-state index in [2.05, 4.69) is 15.5 Å². The molecule has 6 heteroatoms. The van der Waals surface area contributed by atoms with Gasteiger partial charge in [0.25, 0.3) is 5.89 Å². The van der Waals surface area contributed by atoms with E-state index in [-0.39, 0.29) is 0 Å². The van der Waals surface area contributed by atoms with Crippen molar-refractivity contribution in [3.05, 3.63) is 11.7 Å². The Kier molecular flexibility index (Phi) is 4.90. The molecule has 0 atom stereocenters. The van der Waals surface area contributed by atoms with Crippen LogP contribution in [0, 0.1) is 0 Å². The maximum atomic E-state index is 5.71. The van der Waals surface area contributed by atoms with Crippen LogP contribution in [0.4, 0.5) is 0 Å². The molecule has 1 aromatic rings. The number of piperidine rings is 1. The van der Waals surface area contributed by atoms with Crippen LogP contribution >= 0.6 is 0 Å². The molecule has 0 aromatic carbocycles. The van der Waals surface area contributed by atoms with Gasteiger partial charge in [-0.05, 0) is 32.9 Å². The van der Waals surface area contributed by atoms with Gasteiger partial charge >= 0.3 is 0 Å². The van der Waals surface area contributed by atoms with Gasteiger partial charge in [-0.15, -0.1) is 0 Å². The summed E-state index contributed by atoms with van der Waals surface area (Å²) in [6.45, 7) is 5.40. The van der Waals surface area contributed by atoms with Crippen molar-refractivity contribution in [1.29, 1.82) is 0 Å². The Balaban J connectivity index is 1.72. The van der Waals surface area contributed by atoms with Crippen LogP contribution in [-0.4, -0.2) is 35.9 Å². The van der Waals surface area contributed by atoms with Crippen LogP contribution in [0.25, 0.3) is 0 Å². The van der Waals surface area contributed by atoms with Gasteiger partial charge in [-0.1, -0.05) is 5.16 Å². The van der Waals surface area contributed by atoms with E-state index < -0.39 is 0 Å². The summed E-state index contributed by atoms with van der Waals surface area (Å²) in [6, 6.07) is 0. The lowest BCUT2D eigenvalue weighted by atomic mass is 10.1. The fraction of sp³-hybridized carbons (Fsp3) is 0.818. The van der Waals surface area contributed by atoms with Gasteiger partial charge in [0.2, 0.25) is 0 Å². The number of hydrogen-bond donors (Lipinski definition) is 1. The topological polar surface area (TPSA) is 69.4 Å². The quantitative estimate of drug-likeness (QED) is 0.797. The molecule has 2 rings (SSSR count). The molecule has 0 aliphatic carbocycles. The molecule has 0 saturated carbocycles. The maximum absolute atomic E-state index is 5.71. The van der Waals surface area contributed by atoms with Crippen molar-refractivity contribution in [2.75, 3.05) is 19.7 Å². The predicted octanol–water partition coefficient (Wildman–Crippen LogP) is 0.875. The molecule has 0 bridgehead atoms. The zero-order valence-corrected chi connectivity index (χ0v) is 10.1. The Morgan fingerprint density at radius 2 is 2.18 bits per heavy atom. The highest BCUT2D eigenvalue weighted by Gasteiger charge is 2.15. The first-order valence-corrected chi connectivity index (χ1v) is 6.10. The summed E-state index contributed by atoms with van der Waals surface area (Å²) >= 11 is 0. The van der Waals surface area contributed by atoms with Gasteiger partial charge in [-0.25, -0.2) is 0 Å². The average molecular weight is 241 g/mol. The first kappa shape index (κ1) is 12.5. The zero-order chi connectivity index (χ0) is 11.9. The van der Waals surface area contributed by atoms with Crippen molar-refractivity contribution in [1.82, 2.24) is 15.5 Å². The monoisotopic (exact) mass is 241 g/mol. The van der Waals surface area contributed by atoms with Crippen LogP contribution in [0.15, 0.2) is 4.52 Å². The average Bonchev–Trinajstić information content (AvgIpc) is 2.83. The lowest BCUT2D eigenvalue weighted by molar-refractivity contribution is 0.00859. The molecule has 17 heavy (non-hydrogen) atoms. The summed E-state index contributed by atoms with van der Waals surface area (Å²) in [5.74, 6) is 1.11. The molecule has 2 heterocycles. The Labute approximate surface area is 101 Å². The van der Waals surface area contributed by atoms with Gasteiger partial charge in [0.15, 0.2) is 5.82 Å². The summed E-state index contributed by atoms with van der Waals surface area (Å²) < 4.78 is 16.0. The normalized spacial score (nSPS) is 17.5. The van der Waals surface area contributed by atoms with Crippen molar-refractivity contribution < 1.29 is 14.0 Å². The fourth-order valence-corrected chi connectivity index (χ4v) is 1.75. The van der Waals surface area contributed by atoms with Gasteiger partial charge < -0.3 is 19.3 Å². The van der Waals surface area contributed by atoms with Gasteiger partial charge in [0.1, 0.15) is 13.2 Å². The molecule has 1 saturated heterocycles. The third kappa shape index (κ3) is 4.07. The Hall–Kier alpha value is -0.980. The summed E-state index contributed by atoms with van der Waals surface area (Å²) in [7, 11) is 0. The first-order chi connectivity index (χ1) is 8.38. The molecule has 96 valence electrons. The van der Waals surface area contributed by atoms with E-state index >= 15 is 0 Å². The molecule has 1 aromatic heterocycles. The Morgan fingerprint density at radius 1 is 1.35 bits per heavy atom. The lowest BCUT2D eigenvalue weighted by Gasteiger charge is -2.21. The molecule has 1 aliphatic rings. The molecular weight excluding hydrogens is 222 g/mol. The molecule has 1 aliphatic heterocycles. The highest BCUT2D eigenvalue weighted by molar-refractivity contribution is 4.83. The molecular formula is C11H19N3O3. The van der Waals surface area contributed by atoms with E-state index in [0.29, 0.717) is 37.6 Å². The second-order valence-electron chi connectivity index (χ2n) is 4.00. The van der Waals surface area contributed by atoms with Crippen molar-refractivity contribution in [2.24, 2.45) is 0 Å². The highest BCUT2D eigenvalue weighted by Crippen LogP contribution is 2.10. The van der Waals surface area contributed by atoms with Gasteiger partial charge in [0, 0.05) is 6.61 Å². The van der Waals surface area contributed by atoms with Crippen molar-refractivity contribution in [2.45, 2.75) is 39.1 Å². The highest BCUT2D eigenvalue weighted by atomic mass is 16.5. The number of aromatic nitrogens is 2. The van der Waals surface area contributed by atoms with E-state index in [4.69, 9.17) is 14.0 Å². The molecule has 6 nitrogen and oxygen atoms in total. The van der Waals surface area contributed by atoms with Crippen molar-refractivity contribution in [3.63, 3.8) is 0 Å². The first-order valence-electron chi connectivity index (χ1n) is 6.10. The minimum atomic E-state index is 0.304. The second kappa shape index (κ2) is 6.68. The van der Waals surface area contributed by atoms with E-state index in [1.165, 1.54) is 0 Å². The van der Waals surface area contributed by atoms with E-state index in [9.17, 15) is 0 Å². The van der Waals surface area contributed by atoms with Crippen molar-refractivity contribution in [3.8, 4) is 0 Å². The fourth-order valence-electron chi connectivity index (χ4n) is 1.75. The van der Waals surface area contributed by atoms with E-state index in [1.54, 1.807) is 0 Å². The van der Waals surface area contributed by atoms with Gasteiger partial charge in [0.05, 0.1) is 6.10 Å². The van der Waals surface area contributed by atoms with Gasteiger partial charge in [-0.2, -0.15) is 4.98 Å². The summed E-state index contributed by atoms with van der Waals surface area (Å²) in [6.07, 6.45) is 2.39. The maximum Gasteiger partial charge on any atom is 0.252 e. The van der Waals surface area contributed by atoms with Crippen LogP contribution < -0.4 is 5.32 Å². The molecule has 0 amide bonds. The van der Waals surface area contributed by atoms with Gasteiger partial charge in [-0.3, -0.25) is 0 Å². The van der Waals surface area contributed by atoms with Crippen LogP contribution in [0.1, 0.15) is 31.5 Å². The Bertz CT molecular complexity index is 324. The molecule has 1 fully saturated rings. The molecule has 1 N–H and O–H groups in total. The lowest BCUT2D eigenvalue weighted by Crippen LogP contribution is -2.32. The SMILES string of the molecule is CCOCc1noc(COC2CCNCC2)n1. The molecule has 0 radical (unpaired) electrons. The van der Waals surface area contributed by atoms with E-state index in [1.807, 2.05) is 6.92 Å². The minimum Gasteiger partial charge on any atom is -0.374 e. The van der Waals surface area contributed by atoms with Crippen LogP contribution in [0.2, 0.25) is 0 Å². The third-order valence-corrected chi connectivity index (χ3v) is 2.67. The predicted molar refractivity (Wildman–Crippen MR) is 60.3 cm³/mol. The number of rotatable bonds is 6. The van der Waals surface area contributed by atoms with Crippen molar-refractivity contribution >= 4 is 0 Å². The Morgan fingerprint density at radius 3 is 2.94 bits per heavy atom. The standard InChI is InChI=1S/C11H19N3O3/c1-2-15-7-10-13-11(17-14-10)8-16-9-3-5-12-6-4-9/h9,12H,2-8H2,1H3. The largest absolute Gasteiger partial charge is 0.374 e. The minimum absolute atomic E-state index is 0.304. The summed E-state index contributed by atoms with van der Waals surface area (Å²) in [5, 5.41) is 7.11. The molecule has 0 spiro atoms. The van der Waals surface area contributed by atoms with Crippen LogP contribution in [0.3, 0.4) is 0 Å². The summed E-state index contributed by atoms with van der Waals surface area (Å²) in [4.78, 5) is 4.19. The second-order valence-corrected chi connectivity index (χ2v) is 4.00. The van der Waals surface area contributed by atoms with Crippen LogP contribution in [0.5, 0.6) is 0 Å². The summed E-state index contributed by atoms with van der Waals surface area (Å²) in [5.41, 5.74) is 0.